The molecule has 7 heteroatoms. The average molecular weight is 412 g/mol. The molecule has 0 bridgehead atoms. The Balaban J connectivity index is 1.30. The minimum Gasteiger partial charge on any atom is -0.351 e. The molecule has 2 N–H and O–H groups in total. The lowest BCUT2D eigenvalue weighted by molar-refractivity contribution is -0.116. The van der Waals surface area contributed by atoms with Gasteiger partial charge in [-0.05, 0) is 54.3 Å². The third-order valence-electron chi connectivity index (χ3n) is 4.78. The predicted octanol–water partition coefficient (Wildman–Crippen LogP) is 4.51. The molecule has 0 atom stereocenters. The topological polar surface area (TPSA) is 71.1 Å². The maximum atomic E-state index is 12.1. The Morgan fingerprint density at radius 2 is 1.93 bits per heavy atom. The number of benzene rings is 1. The summed E-state index contributed by atoms with van der Waals surface area (Å²) in [6.45, 7) is 0.297. The van der Waals surface area contributed by atoms with E-state index >= 15 is 0 Å². The van der Waals surface area contributed by atoms with Crippen LogP contribution in [0, 0.1) is 0 Å². The number of hydrogen-bond acceptors (Lipinski definition) is 5. The van der Waals surface area contributed by atoms with E-state index in [4.69, 9.17) is 0 Å². The highest BCUT2D eigenvalue weighted by Gasteiger charge is 2.13. The second kappa shape index (κ2) is 8.67. The molecule has 2 aromatic heterocycles. The number of nitrogens with zero attached hydrogens (tertiary/aromatic N) is 1. The molecule has 1 aliphatic rings. The standard InChI is InChI=1S/C21H21N3O2S2/c25-19(9-10-22-20(26)18-6-3-11-27-18)24-21-23-17(13-28-21)16-8-7-14-4-1-2-5-15(14)12-16/h3,6-8,11-13H,1-2,4-5,9-10H2,(H,22,26)(H,23,24,25). The van der Waals surface area contributed by atoms with E-state index in [1.807, 2.05) is 16.8 Å². The van der Waals surface area contributed by atoms with Crippen molar-refractivity contribution in [3.63, 3.8) is 0 Å². The first-order valence-corrected chi connectivity index (χ1v) is 11.1. The Hall–Kier alpha value is -2.51. The van der Waals surface area contributed by atoms with Crippen LogP contribution in [0.2, 0.25) is 0 Å². The minimum absolute atomic E-state index is 0.147. The van der Waals surface area contributed by atoms with Crippen molar-refractivity contribution in [2.24, 2.45) is 0 Å². The first-order valence-electron chi connectivity index (χ1n) is 9.38. The van der Waals surface area contributed by atoms with Gasteiger partial charge in [0.1, 0.15) is 0 Å². The summed E-state index contributed by atoms with van der Waals surface area (Å²) in [5.41, 5.74) is 4.85. The smallest absolute Gasteiger partial charge is 0.261 e. The number of carbonyl (C=O) groups excluding carboxylic acids is 2. The molecule has 144 valence electrons. The highest BCUT2D eigenvalue weighted by Crippen LogP contribution is 2.29. The third kappa shape index (κ3) is 4.48. The van der Waals surface area contributed by atoms with Gasteiger partial charge >= 0.3 is 0 Å². The highest BCUT2D eigenvalue weighted by atomic mass is 32.1. The number of aromatic nitrogens is 1. The van der Waals surface area contributed by atoms with Crippen LogP contribution in [0.25, 0.3) is 11.3 Å². The number of thiophene rings is 1. The minimum atomic E-state index is -0.155. The molecule has 0 spiro atoms. The van der Waals surface area contributed by atoms with Gasteiger partial charge < -0.3 is 10.6 Å². The normalized spacial score (nSPS) is 13.0. The summed E-state index contributed by atoms with van der Waals surface area (Å²) in [5.74, 6) is -0.301. The molecule has 0 saturated heterocycles. The van der Waals surface area contributed by atoms with Crippen LogP contribution in [0.5, 0.6) is 0 Å². The van der Waals surface area contributed by atoms with E-state index in [0.717, 1.165) is 24.1 Å². The number of anilines is 1. The van der Waals surface area contributed by atoms with E-state index in [2.05, 4.69) is 33.8 Å². The van der Waals surface area contributed by atoms with Crippen LogP contribution in [0.1, 0.15) is 40.1 Å². The van der Waals surface area contributed by atoms with Gasteiger partial charge in [0, 0.05) is 23.9 Å². The molecule has 0 unspecified atom stereocenters. The van der Waals surface area contributed by atoms with Crippen molar-refractivity contribution in [2.45, 2.75) is 32.1 Å². The fraction of sp³-hybridized carbons (Fsp3) is 0.286. The molecular weight excluding hydrogens is 390 g/mol. The molecule has 1 aliphatic carbocycles. The van der Waals surface area contributed by atoms with Crippen molar-refractivity contribution in [1.82, 2.24) is 10.3 Å². The number of aryl methyl sites for hydroxylation is 2. The summed E-state index contributed by atoms with van der Waals surface area (Å²) in [6, 6.07) is 10.1. The number of nitrogens with one attached hydrogen (secondary N) is 2. The second-order valence-corrected chi connectivity index (χ2v) is 8.57. The lowest BCUT2D eigenvalue weighted by atomic mass is 9.90. The molecule has 2 amide bonds. The maximum absolute atomic E-state index is 12.1. The molecule has 28 heavy (non-hydrogen) atoms. The Morgan fingerprint density at radius 1 is 1.07 bits per heavy atom. The lowest BCUT2D eigenvalue weighted by Crippen LogP contribution is -2.27. The summed E-state index contributed by atoms with van der Waals surface area (Å²) in [7, 11) is 0. The van der Waals surface area contributed by atoms with Crippen molar-refractivity contribution in [2.75, 3.05) is 11.9 Å². The Labute approximate surface area is 171 Å². The zero-order valence-corrected chi connectivity index (χ0v) is 17.0. The summed E-state index contributed by atoms with van der Waals surface area (Å²) >= 11 is 2.80. The largest absolute Gasteiger partial charge is 0.351 e. The number of fused-ring (bicyclic) bond motifs is 1. The third-order valence-corrected chi connectivity index (χ3v) is 6.40. The van der Waals surface area contributed by atoms with Crippen LogP contribution in [0.4, 0.5) is 5.13 Å². The Bertz CT molecular complexity index is 979. The maximum Gasteiger partial charge on any atom is 0.261 e. The van der Waals surface area contributed by atoms with Crippen LogP contribution in [-0.2, 0) is 17.6 Å². The second-order valence-electron chi connectivity index (χ2n) is 6.76. The van der Waals surface area contributed by atoms with Crippen molar-refractivity contribution in [1.29, 1.82) is 0 Å². The van der Waals surface area contributed by atoms with Crippen molar-refractivity contribution in [3.05, 3.63) is 57.1 Å². The Morgan fingerprint density at radius 3 is 2.75 bits per heavy atom. The van der Waals surface area contributed by atoms with Gasteiger partial charge in [-0.1, -0.05) is 18.2 Å². The monoisotopic (exact) mass is 411 g/mol. The van der Waals surface area contributed by atoms with E-state index in [9.17, 15) is 9.59 Å². The molecule has 4 rings (SSSR count). The quantitative estimate of drug-likeness (QED) is 0.627. The van der Waals surface area contributed by atoms with Crippen LogP contribution < -0.4 is 10.6 Å². The first-order chi connectivity index (χ1) is 13.7. The molecule has 3 aromatic rings. The SMILES string of the molecule is O=C(CCNC(=O)c1cccs1)Nc1nc(-c2ccc3c(c2)CCCC3)cs1. The van der Waals surface area contributed by atoms with Crippen LogP contribution in [0.15, 0.2) is 41.1 Å². The van der Waals surface area contributed by atoms with Gasteiger partial charge in [0.15, 0.2) is 5.13 Å². The molecular formula is C21H21N3O2S2. The summed E-state index contributed by atoms with van der Waals surface area (Å²) in [4.78, 5) is 29.2. The molecule has 0 fully saturated rings. The van der Waals surface area contributed by atoms with Gasteiger partial charge in [-0.25, -0.2) is 4.98 Å². The highest BCUT2D eigenvalue weighted by molar-refractivity contribution is 7.14. The number of hydrogen-bond donors (Lipinski definition) is 2. The van der Waals surface area contributed by atoms with Crippen LogP contribution in [-0.4, -0.2) is 23.3 Å². The van der Waals surface area contributed by atoms with E-state index in [1.165, 1.54) is 46.6 Å². The predicted molar refractivity (Wildman–Crippen MR) is 114 cm³/mol. The molecule has 0 aliphatic heterocycles. The van der Waals surface area contributed by atoms with Gasteiger partial charge in [0.2, 0.25) is 5.91 Å². The van der Waals surface area contributed by atoms with Gasteiger partial charge in [0.05, 0.1) is 10.6 Å². The van der Waals surface area contributed by atoms with Crippen molar-refractivity contribution in [3.8, 4) is 11.3 Å². The molecule has 5 nitrogen and oxygen atoms in total. The fourth-order valence-electron chi connectivity index (χ4n) is 3.32. The molecule has 0 radical (unpaired) electrons. The van der Waals surface area contributed by atoms with Crippen LogP contribution >= 0.6 is 22.7 Å². The number of thiazole rings is 1. The number of amides is 2. The van der Waals surface area contributed by atoms with Gasteiger partial charge in [-0.3, -0.25) is 9.59 Å². The summed E-state index contributed by atoms with van der Waals surface area (Å²) in [5, 5.41) is 9.99. The summed E-state index contributed by atoms with van der Waals surface area (Å²) < 4.78 is 0. The lowest BCUT2D eigenvalue weighted by Gasteiger charge is -2.16. The van der Waals surface area contributed by atoms with Gasteiger partial charge in [0.25, 0.3) is 5.91 Å². The van der Waals surface area contributed by atoms with E-state index in [-0.39, 0.29) is 18.2 Å². The average Bonchev–Trinajstić information content (AvgIpc) is 3.40. The first kappa shape index (κ1) is 18.8. The van der Waals surface area contributed by atoms with Crippen molar-refractivity contribution < 1.29 is 9.59 Å². The zero-order valence-electron chi connectivity index (χ0n) is 15.4. The molecule has 0 saturated carbocycles. The van der Waals surface area contributed by atoms with Gasteiger partial charge in [-0.15, -0.1) is 22.7 Å². The molecule has 2 heterocycles. The summed E-state index contributed by atoms with van der Waals surface area (Å²) in [6.07, 6.45) is 5.03. The number of carbonyl (C=O) groups is 2. The Kier molecular flexibility index (Phi) is 5.83. The molecule has 1 aromatic carbocycles. The van der Waals surface area contributed by atoms with Gasteiger partial charge in [-0.2, -0.15) is 0 Å². The number of rotatable bonds is 6. The van der Waals surface area contributed by atoms with Crippen molar-refractivity contribution >= 4 is 39.6 Å². The van der Waals surface area contributed by atoms with E-state index < -0.39 is 0 Å². The van der Waals surface area contributed by atoms with E-state index in [1.54, 1.807) is 6.07 Å². The van der Waals surface area contributed by atoms with E-state index in [0.29, 0.717) is 16.6 Å². The zero-order chi connectivity index (χ0) is 19.3. The fourth-order valence-corrected chi connectivity index (χ4v) is 4.70. The van der Waals surface area contributed by atoms with Crippen LogP contribution in [0.3, 0.4) is 0 Å².